The Labute approximate surface area is 173 Å². The van der Waals surface area contributed by atoms with Crippen molar-refractivity contribution in [2.24, 2.45) is 0 Å². The summed E-state index contributed by atoms with van der Waals surface area (Å²) in [6.07, 6.45) is 0.811. The van der Waals surface area contributed by atoms with Crippen LogP contribution in [0.4, 0.5) is 5.69 Å². The lowest BCUT2D eigenvalue weighted by atomic mass is 10.1. The van der Waals surface area contributed by atoms with Crippen LogP contribution in [-0.2, 0) is 11.2 Å². The molecule has 3 aromatic carbocycles. The second kappa shape index (κ2) is 8.61. The summed E-state index contributed by atoms with van der Waals surface area (Å²) < 4.78 is 5.48. The summed E-state index contributed by atoms with van der Waals surface area (Å²) in [6, 6.07) is 22.3. The number of anilines is 1. The molecule has 2 N–H and O–H groups in total. The highest BCUT2D eigenvalue weighted by Gasteiger charge is 2.15. The van der Waals surface area contributed by atoms with Crippen LogP contribution in [0.2, 0.25) is 0 Å². The molecule has 2 amide bonds. The predicted molar refractivity (Wildman–Crippen MR) is 116 cm³/mol. The molecule has 0 unspecified atom stereocenters. The van der Waals surface area contributed by atoms with Crippen LogP contribution < -0.4 is 10.6 Å². The number of carbonyl (C=O) groups excluding carboxylic acids is 2. The Kier molecular flexibility index (Phi) is 5.57. The molecule has 0 radical (unpaired) electrons. The zero-order chi connectivity index (χ0) is 20.9. The first-order valence-electron chi connectivity index (χ1n) is 9.76. The Balaban J connectivity index is 1.46. The largest absolute Gasteiger partial charge is 0.355 e. The molecule has 30 heavy (non-hydrogen) atoms. The van der Waals surface area contributed by atoms with E-state index in [2.05, 4.69) is 15.8 Å². The van der Waals surface area contributed by atoms with Crippen molar-refractivity contribution in [1.29, 1.82) is 0 Å². The van der Waals surface area contributed by atoms with Gasteiger partial charge in [0.05, 0.1) is 11.9 Å². The number of nitrogens with zero attached hydrogens (tertiary/aromatic N) is 1. The molecule has 0 aliphatic carbocycles. The number of fused-ring (bicyclic) bond motifs is 1. The molecule has 0 atom stereocenters. The van der Waals surface area contributed by atoms with Crippen LogP contribution in [0.25, 0.3) is 22.2 Å². The first-order valence-corrected chi connectivity index (χ1v) is 9.76. The standard InChI is InChI=1S/C24H21N3O3/c1-2-16-8-6-7-11-20(16)26-22(28)15-25-24(29)18-12-13-21-19(14-18)23(30-27-21)17-9-4-3-5-10-17/h3-14H,2,15H2,1H3,(H,25,29)(H,26,28). The summed E-state index contributed by atoms with van der Waals surface area (Å²) in [5.41, 5.74) is 3.79. The van der Waals surface area contributed by atoms with Gasteiger partial charge in [0.2, 0.25) is 5.91 Å². The molecule has 1 heterocycles. The zero-order valence-corrected chi connectivity index (χ0v) is 16.5. The maximum Gasteiger partial charge on any atom is 0.251 e. The number of aromatic nitrogens is 1. The van der Waals surface area contributed by atoms with E-state index in [1.165, 1.54) is 0 Å². The van der Waals surface area contributed by atoms with Gasteiger partial charge in [-0.3, -0.25) is 9.59 Å². The lowest BCUT2D eigenvalue weighted by Gasteiger charge is -2.10. The predicted octanol–water partition coefficient (Wildman–Crippen LogP) is 4.43. The van der Waals surface area contributed by atoms with Crippen molar-refractivity contribution in [1.82, 2.24) is 10.5 Å². The minimum atomic E-state index is -0.337. The average Bonchev–Trinajstić information content (AvgIpc) is 3.21. The van der Waals surface area contributed by atoms with E-state index in [1.807, 2.05) is 61.5 Å². The van der Waals surface area contributed by atoms with Crippen LogP contribution in [0.15, 0.2) is 77.3 Å². The van der Waals surface area contributed by atoms with Gasteiger partial charge in [-0.15, -0.1) is 0 Å². The maximum absolute atomic E-state index is 12.6. The van der Waals surface area contributed by atoms with Crippen LogP contribution >= 0.6 is 0 Å². The van der Waals surface area contributed by atoms with Gasteiger partial charge in [-0.2, -0.15) is 0 Å². The van der Waals surface area contributed by atoms with E-state index in [4.69, 9.17) is 4.52 Å². The number of para-hydroxylation sites is 1. The van der Waals surface area contributed by atoms with E-state index in [0.717, 1.165) is 28.6 Å². The van der Waals surface area contributed by atoms with Crippen molar-refractivity contribution in [3.8, 4) is 11.3 Å². The van der Waals surface area contributed by atoms with E-state index in [0.29, 0.717) is 16.8 Å². The van der Waals surface area contributed by atoms with Gasteiger partial charge in [0.15, 0.2) is 5.76 Å². The van der Waals surface area contributed by atoms with Crippen molar-refractivity contribution in [3.63, 3.8) is 0 Å². The van der Waals surface area contributed by atoms with Gasteiger partial charge in [0.25, 0.3) is 5.91 Å². The highest BCUT2D eigenvalue weighted by Crippen LogP contribution is 2.29. The Morgan fingerprint density at radius 2 is 1.73 bits per heavy atom. The first-order chi connectivity index (χ1) is 14.7. The topological polar surface area (TPSA) is 84.2 Å². The van der Waals surface area contributed by atoms with Crippen molar-refractivity contribution >= 4 is 28.4 Å². The summed E-state index contributed by atoms with van der Waals surface area (Å²) >= 11 is 0. The third-order valence-corrected chi connectivity index (χ3v) is 4.86. The molecule has 150 valence electrons. The van der Waals surface area contributed by atoms with Crippen molar-refractivity contribution in [2.75, 3.05) is 11.9 Å². The van der Waals surface area contributed by atoms with Crippen LogP contribution in [0.1, 0.15) is 22.8 Å². The molecular weight excluding hydrogens is 378 g/mol. The molecule has 0 aliphatic heterocycles. The number of aryl methyl sites for hydroxylation is 1. The molecule has 0 bridgehead atoms. The summed E-state index contributed by atoms with van der Waals surface area (Å²) in [6.45, 7) is 1.90. The Hall–Kier alpha value is -3.93. The van der Waals surface area contributed by atoms with Gasteiger partial charge in [-0.1, -0.05) is 60.6 Å². The number of rotatable bonds is 6. The van der Waals surface area contributed by atoms with Gasteiger partial charge < -0.3 is 15.2 Å². The second-order valence-electron chi connectivity index (χ2n) is 6.85. The molecule has 6 heteroatoms. The highest BCUT2D eigenvalue weighted by molar-refractivity contribution is 6.03. The number of hydrogen-bond acceptors (Lipinski definition) is 4. The Morgan fingerprint density at radius 1 is 0.967 bits per heavy atom. The van der Waals surface area contributed by atoms with E-state index < -0.39 is 0 Å². The average molecular weight is 399 g/mol. The zero-order valence-electron chi connectivity index (χ0n) is 16.5. The van der Waals surface area contributed by atoms with Crippen LogP contribution in [0.5, 0.6) is 0 Å². The Morgan fingerprint density at radius 3 is 2.53 bits per heavy atom. The molecule has 4 aromatic rings. The quantitative estimate of drug-likeness (QED) is 0.502. The van der Waals surface area contributed by atoms with Crippen molar-refractivity contribution in [2.45, 2.75) is 13.3 Å². The summed E-state index contributed by atoms with van der Waals surface area (Å²) in [5, 5.41) is 10.3. The van der Waals surface area contributed by atoms with E-state index in [1.54, 1.807) is 18.2 Å². The molecule has 4 rings (SSSR count). The molecular formula is C24H21N3O3. The van der Waals surface area contributed by atoms with Crippen molar-refractivity contribution in [3.05, 3.63) is 83.9 Å². The molecule has 0 fully saturated rings. The van der Waals surface area contributed by atoms with Gasteiger partial charge in [0.1, 0.15) is 5.52 Å². The molecule has 0 saturated heterocycles. The lowest BCUT2D eigenvalue weighted by Crippen LogP contribution is -2.33. The third kappa shape index (κ3) is 4.07. The number of nitrogens with one attached hydrogen (secondary N) is 2. The first kappa shape index (κ1) is 19.4. The molecule has 6 nitrogen and oxygen atoms in total. The second-order valence-corrected chi connectivity index (χ2v) is 6.85. The van der Waals surface area contributed by atoms with Crippen molar-refractivity contribution < 1.29 is 14.1 Å². The minimum Gasteiger partial charge on any atom is -0.355 e. The molecule has 0 aliphatic rings. The minimum absolute atomic E-state index is 0.121. The van der Waals surface area contributed by atoms with Gasteiger partial charge in [-0.05, 0) is 36.2 Å². The number of benzene rings is 3. The van der Waals surface area contributed by atoms with Crippen LogP contribution in [0, 0.1) is 0 Å². The van der Waals surface area contributed by atoms with Crippen LogP contribution in [0.3, 0.4) is 0 Å². The molecule has 0 saturated carbocycles. The Bertz CT molecular complexity index is 1200. The number of carbonyl (C=O) groups is 2. The van der Waals surface area contributed by atoms with Crippen LogP contribution in [-0.4, -0.2) is 23.5 Å². The summed E-state index contributed by atoms with van der Waals surface area (Å²) in [5.74, 6) is -0.00881. The normalized spacial score (nSPS) is 10.7. The maximum atomic E-state index is 12.6. The number of hydrogen-bond donors (Lipinski definition) is 2. The highest BCUT2D eigenvalue weighted by atomic mass is 16.5. The van der Waals surface area contributed by atoms with E-state index in [-0.39, 0.29) is 18.4 Å². The molecule has 1 aromatic heterocycles. The lowest BCUT2D eigenvalue weighted by molar-refractivity contribution is -0.115. The smallest absolute Gasteiger partial charge is 0.251 e. The summed E-state index contributed by atoms with van der Waals surface area (Å²) in [4.78, 5) is 24.9. The van der Waals surface area contributed by atoms with Gasteiger partial charge in [0, 0.05) is 16.8 Å². The van der Waals surface area contributed by atoms with Gasteiger partial charge in [-0.25, -0.2) is 0 Å². The van der Waals surface area contributed by atoms with E-state index in [9.17, 15) is 9.59 Å². The number of amides is 2. The van der Waals surface area contributed by atoms with Gasteiger partial charge >= 0.3 is 0 Å². The molecule has 0 spiro atoms. The van der Waals surface area contributed by atoms with E-state index >= 15 is 0 Å². The fraction of sp³-hybridized carbons (Fsp3) is 0.125. The fourth-order valence-corrected chi connectivity index (χ4v) is 3.29. The third-order valence-electron chi connectivity index (χ3n) is 4.86. The monoisotopic (exact) mass is 399 g/mol. The summed E-state index contributed by atoms with van der Waals surface area (Å²) in [7, 11) is 0. The fourth-order valence-electron chi connectivity index (χ4n) is 3.29. The SMILES string of the molecule is CCc1ccccc1NC(=O)CNC(=O)c1ccc2noc(-c3ccccc3)c2c1.